The Morgan fingerprint density at radius 2 is 1.72 bits per heavy atom. The minimum Gasteiger partial charge on any atom is -0.355 e. The fraction of sp³-hybridized carbons (Fsp3) is 0.238. The molecule has 3 rings (SSSR count). The minimum absolute atomic E-state index is 0.0488. The van der Waals surface area contributed by atoms with Crippen LogP contribution in [0.15, 0.2) is 72.1 Å². The van der Waals surface area contributed by atoms with Gasteiger partial charge >= 0.3 is 0 Å². The van der Waals surface area contributed by atoms with E-state index in [0.29, 0.717) is 5.69 Å². The van der Waals surface area contributed by atoms with Crippen molar-refractivity contribution in [3.63, 3.8) is 0 Å². The van der Waals surface area contributed by atoms with E-state index >= 15 is 0 Å². The summed E-state index contributed by atoms with van der Waals surface area (Å²) >= 11 is 0. The van der Waals surface area contributed by atoms with Gasteiger partial charge in [-0.25, -0.2) is 13.1 Å². The number of benzene rings is 2. The molecule has 1 saturated carbocycles. The molecule has 2 aromatic rings. The van der Waals surface area contributed by atoms with Crippen LogP contribution in [0.5, 0.6) is 0 Å². The highest BCUT2D eigenvalue weighted by molar-refractivity contribution is 7.89. The van der Waals surface area contributed by atoms with E-state index in [1.807, 2.05) is 30.3 Å². The molecule has 29 heavy (non-hydrogen) atoms. The fourth-order valence-electron chi connectivity index (χ4n) is 3.05. The normalized spacial score (nSPS) is 17.9. The molecule has 0 saturated heterocycles. The maximum Gasteiger partial charge on any atom is 0.247 e. The second kappa shape index (κ2) is 9.02. The highest BCUT2D eigenvalue weighted by Crippen LogP contribution is 2.47. The Morgan fingerprint density at radius 3 is 2.38 bits per heavy atom. The zero-order valence-electron chi connectivity index (χ0n) is 15.8. The van der Waals surface area contributed by atoms with Gasteiger partial charge in [-0.2, -0.15) is 0 Å². The summed E-state index contributed by atoms with van der Waals surface area (Å²) in [5.74, 6) is -0.236. The summed E-state index contributed by atoms with van der Waals surface area (Å²) in [6, 6.07) is 15.7. The maximum absolute atomic E-state index is 12.3. The van der Waals surface area contributed by atoms with Gasteiger partial charge in [0, 0.05) is 24.7 Å². The first-order valence-electron chi connectivity index (χ1n) is 9.26. The van der Waals surface area contributed by atoms with Crippen LogP contribution in [-0.4, -0.2) is 33.3 Å². The molecule has 8 heteroatoms. The number of nitrogens with one attached hydrogen (secondary N) is 3. The van der Waals surface area contributed by atoms with E-state index in [1.54, 1.807) is 0 Å². The van der Waals surface area contributed by atoms with Gasteiger partial charge in [-0.3, -0.25) is 9.59 Å². The molecule has 2 aromatic carbocycles. The first kappa shape index (κ1) is 20.8. The molecule has 0 heterocycles. The lowest BCUT2D eigenvalue weighted by atomic mass is 10.1. The third-order valence-electron chi connectivity index (χ3n) is 4.69. The molecular formula is C21H23N3O4S. The van der Waals surface area contributed by atoms with E-state index < -0.39 is 10.0 Å². The largest absolute Gasteiger partial charge is 0.355 e. The lowest BCUT2D eigenvalue weighted by Crippen LogP contribution is -2.35. The standard InChI is InChI=1S/C21H23N3O4S/c1-2-20(25)24-16-8-10-17(11-9-16)29(27,28)23-13-12-22-21(26)19-14-18(19)15-6-4-3-5-7-15/h2-11,18-19,23H,1,12-14H2,(H,22,26)(H,24,25). The van der Waals surface area contributed by atoms with Gasteiger partial charge in [-0.1, -0.05) is 36.9 Å². The van der Waals surface area contributed by atoms with Crippen molar-refractivity contribution in [3.05, 3.63) is 72.8 Å². The molecule has 0 aromatic heterocycles. The molecule has 0 spiro atoms. The minimum atomic E-state index is -3.70. The third kappa shape index (κ3) is 5.52. The first-order valence-corrected chi connectivity index (χ1v) is 10.7. The molecule has 2 unspecified atom stereocenters. The van der Waals surface area contributed by atoms with Crippen LogP contribution in [0.4, 0.5) is 5.69 Å². The molecule has 2 amide bonds. The first-order chi connectivity index (χ1) is 13.9. The topological polar surface area (TPSA) is 104 Å². The van der Waals surface area contributed by atoms with Crippen molar-refractivity contribution in [2.75, 3.05) is 18.4 Å². The van der Waals surface area contributed by atoms with Gasteiger partial charge in [0.1, 0.15) is 0 Å². The fourth-order valence-corrected chi connectivity index (χ4v) is 4.08. The summed E-state index contributed by atoms with van der Waals surface area (Å²) < 4.78 is 27.1. The molecule has 152 valence electrons. The highest BCUT2D eigenvalue weighted by atomic mass is 32.2. The van der Waals surface area contributed by atoms with E-state index in [1.165, 1.54) is 24.3 Å². The molecule has 7 nitrogen and oxygen atoms in total. The van der Waals surface area contributed by atoms with E-state index in [0.717, 1.165) is 18.1 Å². The van der Waals surface area contributed by atoms with Crippen LogP contribution in [0.1, 0.15) is 17.9 Å². The second-order valence-electron chi connectivity index (χ2n) is 6.77. The van der Waals surface area contributed by atoms with Gasteiger partial charge in [0.15, 0.2) is 0 Å². The third-order valence-corrected chi connectivity index (χ3v) is 6.17. The van der Waals surface area contributed by atoms with Crippen molar-refractivity contribution in [1.82, 2.24) is 10.0 Å². The van der Waals surface area contributed by atoms with Crippen LogP contribution >= 0.6 is 0 Å². The smallest absolute Gasteiger partial charge is 0.247 e. The Balaban J connectivity index is 1.43. The van der Waals surface area contributed by atoms with Crippen molar-refractivity contribution in [2.24, 2.45) is 5.92 Å². The van der Waals surface area contributed by atoms with E-state index in [2.05, 4.69) is 21.9 Å². The Bertz CT molecular complexity index is 988. The molecule has 1 aliphatic carbocycles. The number of rotatable bonds is 9. The van der Waals surface area contributed by atoms with Crippen molar-refractivity contribution >= 4 is 27.5 Å². The average Bonchev–Trinajstić information content (AvgIpc) is 3.53. The predicted octanol–water partition coefficient (Wildman–Crippen LogP) is 2.01. The van der Waals surface area contributed by atoms with Gasteiger partial charge in [0.25, 0.3) is 0 Å². The quantitative estimate of drug-likeness (QED) is 0.432. The molecule has 1 fully saturated rings. The molecule has 0 bridgehead atoms. The number of hydrogen-bond donors (Lipinski definition) is 3. The number of carbonyl (C=O) groups excluding carboxylic acids is 2. The zero-order chi connectivity index (χ0) is 20.9. The highest BCUT2D eigenvalue weighted by Gasteiger charge is 2.43. The number of hydrogen-bond acceptors (Lipinski definition) is 4. The Morgan fingerprint density at radius 1 is 1.03 bits per heavy atom. The van der Waals surface area contributed by atoms with Crippen molar-refractivity contribution < 1.29 is 18.0 Å². The summed E-state index contributed by atoms with van der Waals surface area (Å²) in [6.07, 6.45) is 1.94. The monoisotopic (exact) mass is 413 g/mol. The Kier molecular flexibility index (Phi) is 6.46. The van der Waals surface area contributed by atoms with Crippen LogP contribution < -0.4 is 15.4 Å². The van der Waals surface area contributed by atoms with Crippen LogP contribution in [0.25, 0.3) is 0 Å². The number of carbonyl (C=O) groups is 2. The lowest BCUT2D eigenvalue weighted by Gasteiger charge is -2.09. The van der Waals surface area contributed by atoms with Gasteiger partial charge in [-0.05, 0) is 48.2 Å². The SMILES string of the molecule is C=CC(=O)Nc1ccc(S(=O)(=O)NCCNC(=O)C2CC2c2ccccc2)cc1. The number of amides is 2. The average molecular weight is 413 g/mol. The molecule has 2 atom stereocenters. The number of sulfonamides is 1. The molecular weight excluding hydrogens is 390 g/mol. The molecule has 1 aliphatic rings. The summed E-state index contributed by atoms with van der Waals surface area (Å²) in [7, 11) is -3.70. The second-order valence-corrected chi connectivity index (χ2v) is 8.53. The summed E-state index contributed by atoms with van der Waals surface area (Å²) in [5, 5.41) is 5.33. The van der Waals surface area contributed by atoms with E-state index in [-0.39, 0.29) is 41.6 Å². The van der Waals surface area contributed by atoms with Gasteiger partial charge < -0.3 is 10.6 Å². The predicted molar refractivity (Wildman–Crippen MR) is 111 cm³/mol. The molecule has 0 aliphatic heterocycles. The van der Waals surface area contributed by atoms with Gasteiger partial charge in [-0.15, -0.1) is 0 Å². The summed E-state index contributed by atoms with van der Waals surface area (Å²) in [4.78, 5) is 23.5. The summed E-state index contributed by atoms with van der Waals surface area (Å²) in [6.45, 7) is 3.65. The van der Waals surface area contributed by atoms with Crippen molar-refractivity contribution in [3.8, 4) is 0 Å². The van der Waals surface area contributed by atoms with Crippen molar-refractivity contribution in [1.29, 1.82) is 0 Å². The van der Waals surface area contributed by atoms with E-state index in [9.17, 15) is 18.0 Å². The number of anilines is 1. The Hall–Kier alpha value is -2.97. The summed E-state index contributed by atoms with van der Waals surface area (Å²) in [5.41, 5.74) is 1.62. The maximum atomic E-state index is 12.3. The zero-order valence-corrected chi connectivity index (χ0v) is 16.6. The van der Waals surface area contributed by atoms with Crippen LogP contribution in [-0.2, 0) is 19.6 Å². The van der Waals surface area contributed by atoms with Crippen LogP contribution in [0.2, 0.25) is 0 Å². The molecule has 3 N–H and O–H groups in total. The lowest BCUT2D eigenvalue weighted by molar-refractivity contribution is -0.122. The van der Waals surface area contributed by atoms with E-state index in [4.69, 9.17) is 0 Å². The Labute approximate surface area is 170 Å². The van der Waals surface area contributed by atoms with Crippen LogP contribution in [0.3, 0.4) is 0 Å². The van der Waals surface area contributed by atoms with Gasteiger partial charge in [0.2, 0.25) is 21.8 Å². The van der Waals surface area contributed by atoms with Gasteiger partial charge in [0.05, 0.1) is 4.90 Å². The van der Waals surface area contributed by atoms with Crippen molar-refractivity contribution in [2.45, 2.75) is 17.2 Å². The van der Waals surface area contributed by atoms with Crippen LogP contribution in [0, 0.1) is 5.92 Å². The molecule has 0 radical (unpaired) electrons.